The van der Waals surface area contributed by atoms with Crippen LogP contribution in [0.5, 0.6) is 5.75 Å². The van der Waals surface area contributed by atoms with E-state index in [-0.39, 0.29) is 11.7 Å². The van der Waals surface area contributed by atoms with Crippen molar-refractivity contribution in [3.8, 4) is 5.75 Å². The minimum absolute atomic E-state index is 0.0551. The first kappa shape index (κ1) is 15.8. The summed E-state index contributed by atoms with van der Waals surface area (Å²) >= 11 is 0. The summed E-state index contributed by atoms with van der Waals surface area (Å²) in [6.45, 7) is 0.919. The molecule has 5 heteroatoms. The van der Waals surface area contributed by atoms with Crippen LogP contribution in [0.2, 0.25) is 0 Å². The zero-order valence-corrected chi connectivity index (χ0v) is 12.4. The van der Waals surface area contributed by atoms with Crippen molar-refractivity contribution >= 4 is 11.6 Å². The number of carbonyl (C=O) groups excluding carboxylic acids is 1. The van der Waals surface area contributed by atoms with E-state index >= 15 is 0 Å². The smallest absolute Gasteiger partial charge is 0.222 e. The minimum atomic E-state index is -0.278. The average molecular weight is 302 g/mol. The summed E-state index contributed by atoms with van der Waals surface area (Å²) in [5, 5.41) is 5.92. The fourth-order valence-electron chi connectivity index (χ4n) is 2.02. The molecular formula is C17H19FN2O2. The van der Waals surface area contributed by atoms with Crippen LogP contribution in [0.1, 0.15) is 12.0 Å². The van der Waals surface area contributed by atoms with Gasteiger partial charge in [-0.2, -0.15) is 0 Å². The molecule has 0 aliphatic carbocycles. The largest absolute Gasteiger partial charge is 0.496 e. The fraction of sp³-hybridized carbons (Fsp3) is 0.235. The number of rotatable bonds is 7. The molecule has 0 bridgehead atoms. The molecule has 2 aromatic carbocycles. The molecule has 22 heavy (non-hydrogen) atoms. The molecule has 0 unspecified atom stereocenters. The minimum Gasteiger partial charge on any atom is -0.496 e. The van der Waals surface area contributed by atoms with Crippen LogP contribution in [0, 0.1) is 5.82 Å². The van der Waals surface area contributed by atoms with E-state index in [0.29, 0.717) is 19.5 Å². The predicted molar refractivity (Wildman–Crippen MR) is 84.3 cm³/mol. The van der Waals surface area contributed by atoms with Crippen molar-refractivity contribution in [1.82, 2.24) is 5.32 Å². The van der Waals surface area contributed by atoms with E-state index in [2.05, 4.69) is 10.6 Å². The second-order valence-corrected chi connectivity index (χ2v) is 4.77. The second-order valence-electron chi connectivity index (χ2n) is 4.77. The Hall–Kier alpha value is -2.56. The number of halogens is 1. The molecule has 0 saturated heterocycles. The van der Waals surface area contributed by atoms with Gasteiger partial charge in [-0.3, -0.25) is 4.79 Å². The molecule has 116 valence electrons. The maximum absolute atomic E-state index is 12.8. The third-order valence-corrected chi connectivity index (χ3v) is 3.19. The van der Waals surface area contributed by atoms with Crippen molar-refractivity contribution in [2.45, 2.75) is 13.0 Å². The standard InChI is InChI=1S/C17H19FN2O2/c1-22-16-5-3-2-4-13(16)12-20-17(21)10-11-19-15-8-6-14(18)7-9-15/h2-9,19H,10-12H2,1H3,(H,20,21). The Kier molecular flexibility index (Phi) is 5.77. The van der Waals surface area contributed by atoms with Crippen molar-refractivity contribution in [1.29, 1.82) is 0 Å². The highest BCUT2D eigenvalue weighted by Crippen LogP contribution is 2.16. The number of hydrogen-bond acceptors (Lipinski definition) is 3. The third-order valence-electron chi connectivity index (χ3n) is 3.19. The predicted octanol–water partition coefficient (Wildman–Crippen LogP) is 2.95. The number of ether oxygens (including phenoxy) is 1. The van der Waals surface area contributed by atoms with Crippen LogP contribution in [0.4, 0.5) is 10.1 Å². The molecule has 2 aromatic rings. The summed E-state index contributed by atoms with van der Waals surface area (Å²) in [5.41, 5.74) is 1.73. The van der Waals surface area contributed by atoms with Gasteiger partial charge in [-0.15, -0.1) is 0 Å². The molecule has 1 amide bonds. The van der Waals surface area contributed by atoms with Crippen molar-refractivity contribution in [2.24, 2.45) is 0 Å². The number of amides is 1. The molecule has 4 nitrogen and oxygen atoms in total. The van der Waals surface area contributed by atoms with E-state index in [9.17, 15) is 9.18 Å². The van der Waals surface area contributed by atoms with Crippen LogP contribution in [0.25, 0.3) is 0 Å². The van der Waals surface area contributed by atoms with Crippen LogP contribution in [0.15, 0.2) is 48.5 Å². The third kappa shape index (κ3) is 4.77. The molecule has 0 heterocycles. The lowest BCUT2D eigenvalue weighted by atomic mass is 10.2. The van der Waals surface area contributed by atoms with Gasteiger partial charge in [0, 0.05) is 30.8 Å². The molecule has 0 saturated carbocycles. The maximum Gasteiger partial charge on any atom is 0.222 e. The highest BCUT2D eigenvalue weighted by atomic mass is 19.1. The van der Waals surface area contributed by atoms with Crippen molar-refractivity contribution < 1.29 is 13.9 Å². The van der Waals surface area contributed by atoms with Crippen LogP contribution < -0.4 is 15.4 Å². The van der Waals surface area contributed by atoms with Gasteiger partial charge in [0.15, 0.2) is 0 Å². The number of carbonyl (C=O) groups is 1. The van der Waals surface area contributed by atoms with Gasteiger partial charge in [-0.05, 0) is 30.3 Å². The molecule has 0 aliphatic rings. The van der Waals surface area contributed by atoms with Gasteiger partial charge in [0.2, 0.25) is 5.91 Å². The molecule has 0 radical (unpaired) electrons. The summed E-state index contributed by atoms with van der Waals surface area (Å²) in [4.78, 5) is 11.8. The number of methoxy groups -OCH3 is 1. The van der Waals surface area contributed by atoms with Crippen molar-refractivity contribution in [3.05, 3.63) is 59.9 Å². The topological polar surface area (TPSA) is 50.4 Å². The molecule has 2 rings (SSSR count). The van der Waals surface area contributed by atoms with E-state index in [1.54, 1.807) is 19.2 Å². The van der Waals surface area contributed by atoms with E-state index in [1.165, 1.54) is 12.1 Å². The van der Waals surface area contributed by atoms with Gasteiger partial charge in [0.1, 0.15) is 11.6 Å². The summed E-state index contributed by atoms with van der Waals surface area (Å²) in [6, 6.07) is 13.6. The average Bonchev–Trinajstić information content (AvgIpc) is 2.55. The second kappa shape index (κ2) is 8.02. The lowest BCUT2D eigenvalue weighted by molar-refractivity contribution is -0.121. The molecular weight excluding hydrogens is 283 g/mol. The molecule has 0 fully saturated rings. The number of hydrogen-bond donors (Lipinski definition) is 2. The summed E-state index contributed by atoms with van der Waals surface area (Å²) in [6.07, 6.45) is 0.340. The maximum atomic E-state index is 12.8. The Morgan fingerprint density at radius 1 is 1.14 bits per heavy atom. The molecule has 0 atom stereocenters. The first-order valence-electron chi connectivity index (χ1n) is 7.07. The molecule has 2 N–H and O–H groups in total. The first-order chi connectivity index (χ1) is 10.7. The number of benzene rings is 2. The SMILES string of the molecule is COc1ccccc1CNC(=O)CCNc1ccc(F)cc1. The van der Waals surface area contributed by atoms with Crippen LogP contribution >= 0.6 is 0 Å². The number of nitrogens with one attached hydrogen (secondary N) is 2. The zero-order chi connectivity index (χ0) is 15.8. The van der Waals surface area contributed by atoms with E-state index in [4.69, 9.17) is 4.74 Å². The summed E-state index contributed by atoms with van der Waals surface area (Å²) in [7, 11) is 1.60. The van der Waals surface area contributed by atoms with Gasteiger partial charge < -0.3 is 15.4 Å². The quantitative estimate of drug-likeness (QED) is 0.827. The van der Waals surface area contributed by atoms with Crippen LogP contribution in [0.3, 0.4) is 0 Å². The normalized spacial score (nSPS) is 10.1. The lowest BCUT2D eigenvalue weighted by Crippen LogP contribution is -2.25. The van der Waals surface area contributed by atoms with Gasteiger partial charge >= 0.3 is 0 Å². The van der Waals surface area contributed by atoms with E-state index < -0.39 is 0 Å². The Bertz CT molecular complexity index is 614. The number of anilines is 1. The van der Waals surface area contributed by atoms with Gasteiger partial charge in [-0.1, -0.05) is 18.2 Å². The lowest BCUT2D eigenvalue weighted by Gasteiger charge is -2.10. The van der Waals surface area contributed by atoms with Gasteiger partial charge in [-0.25, -0.2) is 4.39 Å². The summed E-state index contributed by atoms with van der Waals surface area (Å²) < 4.78 is 18.0. The van der Waals surface area contributed by atoms with E-state index in [0.717, 1.165) is 17.0 Å². The van der Waals surface area contributed by atoms with Crippen molar-refractivity contribution in [3.63, 3.8) is 0 Å². The highest BCUT2D eigenvalue weighted by Gasteiger charge is 2.05. The van der Waals surface area contributed by atoms with Crippen LogP contribution in [-0.2, 0) is 11.3 Å². The fourth-order valence-corrected chi connectivity index (χ4v) is 2.02. The Morgan fingerprint density at radius 2 is 1.86 bits per heavy atom. The van der Waals surface area contributed by atoms with Gasteiger partial charge in [0.25, 0.3) is 0 Å². The Balaban J connectivity index is 1.73. The van der Waals surface area contributed by atoms with Crippen molar-refractivity contribution in [2.75, 3.05) is 19.0 Å². The Morgan fingerprint density at radius 3 is 2.59 bits per heavy atom. The highest BCUT2D eigenvalue weighted by molar-refractivity contribution is 5.76. The molecule has 0 aliphatic heterocycles. The van der Waals surface area contributed by atoms with Crippen LogP contribution in [-0.4, -0.2) is 19.6 Å². The number of para-hydroxylation sites is 1. The molecule has 0 aromatic heterocycles. The monoisotopic (exact) mass is 302 g/mol. The molecule has 0 spiro atoms. The van der Waals surface area contributed by atoms with Gasteiger partial charge in [0.05, 0.1) is 7.11 Å². The summed E-state index contributed by atoms with van der Waals surface area (Å²) in [5.74, 6) is 0.424. The Labute approximate surface area is 129 Å². The first-order valence-corrected chi connectivity index (χ1v) is 7.07. The van der Waals surface area contributed by atoms with E-state index in [1.807, 2.05) is 24.3 Å². The zero-order valence-electron chi connectivity index (χ0n) is 12.4.